The maximum atomic E-state index is 4.63. The summed E-state index contributed by atoms with van der Waals surface area (Å²) in [4.78, 5) is 0. The van der Waals surface area contributed by atoms with Crippen LogP contribution >= 0.6 is 16.3 Å². The van der Waals surface area contributed by atoms with Gasteiger partial charge in [0.25, 0.3) is 0 Å². The van der Waals surface area contributed by atoms with Crippen LogP contribution < -0.4 is 0 Å². The average molecular weight is 155 g/mol. The molecule has 0 aliphatic heterocycles. The van der Waals surface area contributed by atoms with Crippen molar-refractivity contribution >= 4 is 16.3 Å². The summed E-state index contributed by atoms with van der Waals surface area (Å²) in [6.45, 7) is 1.25. The molecule has 3 heteroatoms. The molecule has 6 heavy (non-hydrogen) atoms. The van der Waals surface area contributed by atoms with Gasteiger partial charge >= 0.3 is 0 Å². The number of rotatable bonds is 3. The highest BCUT2D eigenvalue weighted by atomic mass is 79.9. The molecule has 0 rings (SSSR count). The van der Waals surface area contributed by atoms with Crippen LogP contribution in [0.1, 0.15) is 0 Å². The molecule has 0 atom stereocenters. The minimum atomic E-state index is 0.608. The molecule has 2 nitrogen and oxygen atoms in total. The van der Waals surface area contributed by atoms with Gasteiger partial charge in [0.1, 0.15) is 0 Å². The normalized spacial score (nSPS) is 9.00. The largest absolute Gasteiger partial charge is 0.382 e. The molecule has 0 N–H and O–H groups in total. The third kappa shape index (κ3) is 4.40. The van der Waals surface area contributed by atoms with Gasteiger partial charge in [-0.2, -0.15) is 0 Å². The van der Waals surface area contributed by atoms with Gasteiger partial charge in [-0.1, -0.05) is 0 Å². The van der Waals surface area contributed by atoms with E-state index in [2.05, 4.69) is 24.8 Å². The zero-order chi connectivity index (χ0) is 4.83. The molecule has 0 radical (unpaired) electrons. The molecule has 0 spiro atoms. The number of hydrogen-bond acceptors (Lipinski definition) is 2. The van der Waals surface area contributed by atoms with Gasteiger partial charge in [0.15, 0.2) is 0 Å². The van der Waals surface area contributed by atoms with Gasteiger partial charge in [-0.05, 0) is 0 Å². The van der Waals surface area contributed by atoms with Crippen LogP contribution in [0.4, 0.5) is 0 Å². The van der Waals surface area contributed by atoms with E-state index in [1.165, 1.54) is 0 Å². The number of hydrogen-bond donors (Lipinski definition) is 0. The minimum absolute atomic E-state index is 0.608. The lowest BCUT2D eigenvalue weighted by Gasteiger charge is -1.89. The van der Waals surface area contributed by atoms with Crippen molar-refractivity contribution in [3.05, 3.63) is 0 Å². The smallest absolute Gasteiger partial charge is 0.0988 e. The first-order valence-corrected chi connectivity index (χ1v) is 2.29. The van der Waals surface area contributed by atoms with Gasteiger partial charge in [0, 0.05) is 7.11 Å². The topological polar surface area (TPSA) is 18.5 Å². The zero-order valence-electron chi connectivity index (χ0n) is 3.61. The fourth-order valence-electron chi connectivity index (χ4n) is 0.115. The third-order valence-electron chi connectivity index (χ3n) is 0.365. The van der Waals surface area contributed by atoms with Crippen LogP contribution in [0.25, 0.3) is 0 Å². The summed E-state index contributed by atoms with van der Waals surface area (Å²) in [6, 6.07) is 0. The van der Waals surface area contributed by atoms with E-state index in [-0.39, 0.29) is 0 Å². The maximum Gasteiger partial charge on any atom is 0.0988 e. The van der Waals surface area contributed by atoms with Gasteiger partial charge < -0.3 is 8.57 Å². The molecule has 0 aliphatic carbocycles. The Labute approximate surface area is 45.9 Å². The lowest BCUT2D eigenvalue weighted by atomic mass is 10.8. The first-order valence-electron chi connectivity index (χ1n) is 1.64. The van der Waals surface area contributed by atoms with E-state index in [1.807, 2.05) is 0 Å². The summed E-state index contributed by atoms with van der Waals surface area (Å²) in [6.07, 6.45) is 0. The van der Waals surface area contributed by atoms with Gasteiger partial charge in [0.2, 0.25) is 0 Å². The summed E-state index contributed by atoms with van der Waals surface area (Å²) in [5.74, 6) is 0. The number of halogens is 1. The van der Waals surface area contributed by atoms with E-state index < -0.39 is 0 Å². The SMILES string of the molecule is COCCOBr. The van der Waals surface area contributed by atoms with Crippen LogP contribution in [0.5, 0.6) is 0 Å². The lowest BCUT2D eigenvalue weighted by Crippen LogP contribution is -1.93. The van der Waals surface area contributed by atoms with Crippen molar-refractivity contribution in [2.24, 2.45) is 0 Å². The van der Waals surface area contributed by atoms with Crippen LogP contribution in [0.3, 0.4) is 0 Å². The summed E-state index contributed by atoms with van der Waals surface area (Å²) >= 11 is 2.77. The van der Waals surface area contributed by atoms with Crippen molar-refractivity contribution in [3.8, 4) is 0 Å². The summed E-state index contributed by atoms with van der Waals surface area (Å²) < 4.78 is 9.10. The predicted octanol–water partition coefficient (Wildman–Crippen LogP) is 0.959. The molecule has 0 aromatic heterocycles. The molecule has 0 fully saturated rings. The maximum absolute atomic E-state index is 4.63. The van der Waals surface area contributed by atoms with E-state index in [4.69, 9.17) is 0 Å². The molecular weight excluding hydrogens is 148 g/mol. The molecule has 0 bridgehead atoms. The Morgan fingerprint density at radius 1 is 1.50 bits per heavy atom. The quantitative estimate of drug-likeness (QED) is 0.565. The van der Waals surface area contributed by atoms with E-state index in [1.54, 1.807) is 7.11 Å². The Morgan fingerprint density at radius 3 is 2.33 bits per heavy atom. The lowest BCUT2D eigenvalue weighted by molar-refractivity contribution is 0.161. The molecule has 0 amide bonds. The summed E-state index contributed by atoms with van der Waals surface area (Å²) in [7, 11) is 1.63. The van der Waals surface area contributed by atoms with E-state index in [0.717, 1.165) is 0 Å². The number of methoxy groups -OCH3 is 1. The standard InChI is InChI=1S/C3H7BrO2/c1-5-2-3-6-4/h2-3H2,1H3. The molecule has 0 aromatic rings. The van der Waals surface area contributed by atoms with Gasteiger partial charge in [-0.15, -0.1) is 0 Å². The van der Waals surface area contributed by atoms with Crippen LogP contribution in [0.2, 0.25) is 0 Å². The third-order valence-corrected chi connectivity index (χ3v) is 0.688. The highest BCUT2D eigenvalue weighted by Crippen LogP contribution is 1.80. The molecule has 0 saturated carbocycles. The Hall–Kier alpha value is 0.400. The van der Waals surface area contributed by atoms with Crippen molar-refractivity contribution < 1.29 is 8.57 Å². The van der Waals surface area contributed by atoms with E-state index >= 15 is 0 Å². The van der Waals surface area contributed by atoms with Crippen molar-refractivity contribution in [1.82, 2.24) is 0 Å². The molecule has 0 saturated heterocycles. The zero-order valence-corrected chi connectivity index (χ0v) is 5.19. The van der Waals surface area contributed by atoms with Gasteiger partial charge in [0.05, 0.1) is 29.5 Å². The highest BCUT2D eigenvalue weighted by molar-refractivity contribution is 9.06. The number of ether oxygens (including phenoxy) is 1. The molecule has 38 valence electrons. The van der Waals surface area contributed by atoms with Gasteiger partial charge in [-0.3, -0.25) is 0 Å². The van der Waals surface area contributed by atoms with Crippen molar-refractivity contribution in [1.29, 1.82) is 0 Å². The molecule has 0 heterocycles. The van der Waals surface area contributed by atoms with Crippen LogP contribution in [-0.4, -0.2) is 20.3 Å². The second-order valence-corrected chi connectivity index (χ2v) is 1.26. The molecular formula is C3H7BrO2. The fraction of sp³-hybridized carbons (Fsp3) is 1.00. The van der Waals surface area contributed by atoms with Crippen molar-refractivity contribution in [2.75, 3.05) is 20.3 Å². The minimum Gasteiger partial charge on any atom is -0.382 e. The monoisotopic (exact) mass is 154 g/mol. The van der Waals surface area contributed by atoms with Crippen molar-refractivity contribution in [3.63, 3.8) is 0 Å². The Balaban J connectivity index is 2.34. The van der Waals surface area contributed by atoms with E-state index in [9.17, 15) is 0 Å². The Kier molecular flexibility index (Phi) is 5.76. The second kappa shape index (κ2) is 5.40. The first kappa shape index (κ1) is 6.40. The average Bonchev–Trinajstić information content (AvgIpc) is 1.61. The molecule has 0 aliphatic rings. The fourth-order valence-corrected chi connectivity index (χ4v) is 0.247. The van der Waals surface area contributed by atoms with Gasteiger partial charge in [-0.25, -0.2) is 0 Å². The highest BCUT2D eigenvalue weighted by Gasteiger charge is 1.75. The summed E-state index contributed by atoms with van der Waals surface area (Å²) in [5.41, 5.74) is 0. The van der Waals surface area contributed by atoms with Crippen LogP contribution in [0, 0.1) is 0 Å². The van der Waals surface area contributed by atoms with Crippen molar-refractivity contribution in [2.45, 2.75) is 0 Å². The van der Waals surface area contributed by atoms with Crippen LogP contribution in [0.15, 0.2) is 0 Å². The first-order chi connectivity index (χ1) is 2.91. The Bertz CT molecular complexity index is 20.8. The van der Waals surface area contributed by atoms with E-state index in [0.29, 0.717) is 13.2 Å². The molecule has 0 aromatic carbocycles. The molecule has 0 unspecified atom stereocenters. The second-order valence-electron chi connectivity index (χ2n) is 0.806. The predicted molar refractivity (Wildman–Crippen MR) is 26.8 cm³/mol. The summed E-state index contributed by atoms with van der Waals surface area (Å²) in [5, 5.41) is 0. The van der Waals surface area contributed by atoms with Crippen LogP contribution in [-0.2, 0) is 8.57 Å². The Morgan fingerprint density at radius 2 is 2.17 bits per heavy atom.